The summed E-state index contributed by atoms with van der Waals surface area (Å²) in [7, 11) is 0. The highest BCUT2D eigenvalue weighted by Gasteiger charge is 2.35. The second-order valence-electron chi connectivity index (χ2n) is 8.09. The van der Waals surface area contributed by atoms with Crippen molar-refractivity contribution in [1.82, 2.24) is 10.2 Å². The molecule has 38 heavy (non-hydrogen) atoms. The average Bonchev–Trinajstić information content (AvgIpc) is 3.13. The summed E-state index contributed by atoms with van der Waals surface area (Å²) in [6.07, 6.45) is 1.38. The number of nitrogens with one attached hydrogen (secondary N) is 2. The SMILES string of the molecule is CCOc1cc(/C=C2/NC(=O)N(CC(=O)Nc3ccccc3F)C2=O)cc(Cl)c1OCc1ccc(F)cc1. The highest BCUT2D eigenvalue weighted by molar-refractivity contribution is 6.32. The normalized spacial score (nSPS) is 14.0. The lowest BCUT2D eigenvalue weighted by Gasteiger charge is -2.15. The molecule has 2 N–H and O–H groups in total. The number of carbonyl (C=O) groups excluding carboxylic acids is 3. The molecular formula is C27H22ClF2N3O5. The number of anilines is 1. The summed E-state index contributed by atoms with van der Waals surface area (Å²) in [6.45, 7) is 1.56. The van der Waals surface area contributed by atoms with Crippen molar-refractivity contribution < 1.29 is 32.6 Å². The summed E-state index contributed by atoms with van der Waals surface area (Å²) in [5, 5.41) is 4.93. The molecule has 1 fully saturated rings. The van der Waals surface area contributed by atoms with E-state index in [0.717, 1.165) is 5.56 Å². The molecule has 0 bridgehead atoms. The second-order valence-corrected chi connectivity index (χ2v) is 8.49. The van der Waals surface area contributed by atoms with Crippen molar-refractivity contribution in [3.8, 4) is 11.5 Å². The lowest BCUT2D eigenvalue weighted by atomic mass is 10.1. The Labute approximate surface area is 221 Å². The van der Waals surface area contributed by atoms with Crippen LogP contribution in [-0.4, -0.2) is 35.9 Å². The molecule has 196 valence electrons. The predicted octanol–water partition coefficient (Wildman–Crippen LogP) is 5.13. The zero-order valence-electron chi connectivity index (χ0n) is 20.1. The summed E-state index contributed by atoms with van der Waals surface area (Å²) < 4.78 is 38.4. The van der Waals surface area contributed by atoms with Crippen molar-refractivity contribution in [1.29, 1.82) is 0 Å². The van der Waals surface area contributed by atoms with Gasteiger partial charge >= 0.3 is 6.03 Å². The Balaban J connectivity index is 1.49. The third-order valence-corrected chi connectivity index (χ3v) is 5.63. The van der Waals surface area contributed by atoms with Crippen molar-refractivity contribution in [2.75, 3.05) is 18.5 Å². The summed E-state index contributed by atoms with van der Waals surface area (Å²) in [5.41, 5.74) is 0.982. The van der Waals surface area contributed by atoms with Crippen LogP contribution in [0.2, 0.25) is 5.02 Å². The highest BCUT2D eigenvalue weighted by Crippen LogP contribution is 2.38. The Bertz CT molecular complexity index is 1410. The molecular weight excluding hydrogens is 520 g/mol. The minimum absolute atomic E-state index is 0.0693. The summed E-state index contributed by atoms with van der Waals surface area (Å²) in [6, 6.07) is 13.6. The van der Waals surface area contributed by atoms with Gasteiger partial charge in [-0.25, -0.2) is 18.5 Å². The Morgan fingerprint density at radius 1 is 1.08 bits per heavy atom. The first-order chi connectivity index (χ1) is 18.2. The summed E-state index contributed by atoms with van der Waals surface area (Å²) >= 11 is 6.44. The fraction of sp³-hybridized carbons (Fsp3) is 0.148. The molecule has 1 aliphatic rings. The van der Waals surface area contributed by atoms with Crippen LogP contribution in [0, 0.1) is 11.6 Å². The first-order valence-corrected chi connectivity index (χ1v) is 11.9. The molecule has 1 heterocycles. The number of halogens is 3. The van der Waals surface area contributed by atoms with Crippen LogP contribution >= 0.6 is 11.6 Å². The molecule has 0 aliphatic carbocycles. The van der Waals surface area contributed by atoms with Crippen LogP contribution in [0.5, 0.6) is 11.5 Å². The number of hydrogen-bond donors (Lipinski definition) is 2. The molecule has 0 unspecified atom stereocenters. The summed E-state index contributed by atoms with van der Waals surface area (Å²) in [4.78, 5) is 38.2. The second kappa shape index (κ2) is 11.7. The van der Waals surface area contributed by atoms with Crippen LogP contribution in [-0.2, 0) is 16.2 Å². The maximum absolute atomic E-state index is 13.8. The van der Waals surface area contributed by atoms with Gasteiger partial charge in [-0.3, -0.25) is 9.59 Å². The average molecular weight is 542 g/mol. The number of amides is 4. The Hall–Kier alpha value is -4.44. The number of carbonyl (C=O) groups is 3. The van der Waals surface area contributed by atoms with Crippen molar-refractivity contribution in [3.05, 3.63) is 94.1 Å². The molecule has 0 atom stereocenters. The fourth-order valence-electron chi connectivity index (χ4n) is 3.59. The van der Waals surface area contributed by atoms with Gasteiger partial charge in [-0.15, -0.1) is 0 Å². The van der Waals surface area contributed by atoms with E-state index in [2.05, 4.69) is 10.6 Å². The zero-order valence-corrected chi connectivity index (χ0v) is 20.9. The van der Waals surface area contributed by atoms with Crippen molar-refractivity contribution in [3.63, 3.8) is 0 Å². The molecule has 11 heteroatoms. The lowest BCUT2D eigenvalue weighted by Crippen LogP contribution is -2.38. The largest absolute Gasteiger partial charge is 0.490 e. The minimum Gasteiger partial charge on any atom is -0.490 e. The number of imide groups is 1. The smallest absolute Gasteiger partial charge is 0.329 e. The van der Waals surface area contributed by atoms with Crippen molar-refractivity contribution in [2.45, 2.75) is 13.5 Å². The van der Waals surface area contributed by atoms with Gasteiger partial charge in [0.25, 0.3) is 5.91 Å². The molecule has 3 aromatic rings. The van der Waals surface area contributed by atoms with Gasteiger partial charge in [0.05, 0.1) is 17.3 Å². The maximum atomic E-state index is 13.8. The lowest BCUT2D eigenvalue weighted by molar-refractivity contribution is -0.127. The molecule has 1 saturated heterocycles. The third-order valence-electron chi connectivity index (χ3n) is 5.35. The van der Waals surface area contributed by atoms with E-state index in [0.29, 0.717) is 22.8 Å². The van der Waals surface area contributed by atoms with Gasteiger partial charge in [0.1, 0.15) is 30.5 Å². The molecule has 8 nitrogen and oxygen atoms in total. The van der Waals surface area contributed by atoms with Gasteiger partial charge in [-0.1, -0.05) is 35.9 Å². The predicted molar refractivity (Wildman–Crippen MR) is 137 cm³/mol. The number of rotatable bonds is 9. The molecule has 3 aromatic carbocycles. The highest BCUT2D eigenvalue weighted by atomic mass is 35.5. The van der Waals surface area contributed by atoms with E-state index < -0.39 is 30.2 Å². The number of para-hydroxylation sites is 1. The maximum Gasteiger partial charge on any atom is 0.329 e. The number of benzene rings is 3. The monoisotopic (exact) mass is 541 g/mol. The first-order valence-electron chi connectivity index (χ1n) is 11.5. The molecule has 0 radical (unpaired) electrons. The van der Waals surface area contributed by atoms with Crippen LogP contribution in [0.25, 0.3) is 6.08 Å². The third kappa shape index (κ3) is 6.27. The zero-order chi connectivity index (χ0) is 27.2. The molecule has 0 aromatic heterocycles. The topological polar surface area (TPSA) is 97.0 Å². The molecule has 4 amide bonds. The van der Waals surface area contributed by atoms with Crippen LogP contribution in [0.4, 0.5) is 19.3 Å². The Morgan fingerprint density at radius 3 is 2.53 bits per heavy atom. The van der Waals surface area contributed by atoms with E-state index in [1.165, 1.54) is 48.5 Å². The van der Waals surface area contributed by atoms with E-state index in [1.807, 2.05) is 0 Å². The quantitative estimate of drug-likeness (QED) is 0.289. The Kier molecular flexibility index (Phi) is 8.22. The molecule has 0 saturated carbocycles. The molecule has 1 aliphatic heterocycles. The minimum atomic E-state index is -0.805. The van der Waals surface area contributed by atoms with Gasteiger partial charge in [0.15, 0.2) is 11.5 Å². The first kappa shape index (κ1) is 26.6. The van der Waals surface area contributed by atoms with Gasteiger partial charge in [-0.05, 0) is 60.5 Å². The molecule has 4 rings (SSSR count). The number of nitrogens with zero attached hydrogens (tertiary/aromatic N) is 1. The van der Waals surface area contributed by atoms with E-state index >= 15 is 0 Å². The van der Waals surface area contributed by atoms with Gasteiger partial charge in [0, 0.05) is 0 Å². The summed E-state index contributed by atoms with van der Waals surface area (Å²) in [5.74, 6) is -1.95. The van der Waals surface area contributed by atoms with Crippen molar-refractivity contribution >= 4 is 41.2 Å². The number of urea groups is 1. The van der Waals surface area contributed by atoms with Crippen LogP contribution in [0.3, 0.4) is 0 Å². The Morgan fingerprint density at radius 2 is 1.82 bits per heavy atom. The van der Waals surface area contributed by atoms with Gasteiger partial charge in [-0.2, -0.15) is 0 Å². The van der Waals surface area contributed by atoms with Gasteiger partial charge in [0.2, 0.25) is 5.91 Å². The van der Waals surface area contributed by atoms with E-state index in [-0.39, 0.29) is 34.6 Å². The van der Waals surface area contributed by atoms with E-state index in [1.54, 1.807) is 25.1 Å². The fourth-order valence-corrected chi connectivity index (χ4v) is 3.86. The van der Waals surface area contributed by atoms with E-state index in [4.69, 9.17) is 21.1 Å². The number of hydrogen-bond acceptors (Lipinski definition) is 5. The van der Waals surface area contributed by atoms with Crippen LogP contribution in [0.1, 0.15) is 18.1 Å². The molecule has 0 spiro atoms. The van der Waals surface area contributed by atoms with Gasteiger partial charge < -0.3 is 20.1 Å². The van der Waals surface area contributed by atoms with Crippen LogP contribution in [0.15, 0.2) is 66.4 Å². The number of ether oxygens (including phenoxy) is 2. The standard InChI is InChI=1S/C27H22ClF2N3O5/c1-2-37-23-13-17(11-19(28)25(23)38-15-16-7-9-18(29)10-8-16)12-22-26(35)33(27(36)32-22)14-24(34)31-21-6-4-3-5-20(21)30/h3-13H,2,14-15H2,1H3,(H,31,34)(H,32,36)/b22-12+. The van der Waals surface area contributed by atoms with Crippen LogP contribution < -0.4 is 20.1 Å². The van der Waals surface area contributed by atoms with Crippen molar-refractivity contribution in [2.24, 2.45) is 0 Å². The van der Waals surface area contributed by atoms with E-state index in [9.17, 15) is 23.2 Å².